The first-order valence-electron chi connectivity index (χ1n) is 10.6. The molecular formula is C25H25ClN2O5. The molecule has 1 unspecified atom stereocenters. The van der Waals surface area contributed by atoms with Gasteiger partial charge in [0.2, 0.25) is 5.76 Å². The number of fused-ring (bicyclic) bond motifs is 2. The Balaban J connectivity index is 1.87. The van der Waals surface area contributed by atoms with Crippen LogP contribution >= 0.6 is 11.6 Å². The van der Waals surface area contributed by atoms with Crippen LogP contribution in [-0.4, -0.2) is 56.0 Å². The maximum absolute atomic E-state index is 13.6. The lowest BCUT2D eigenvalue weighted by Crippen LogP contribution is -2.32. The standard InChI is InChI=1S/C25H25ClN2O5/c1-14-12-19-17(13-18(14)26)22(29)20-21(15-6-8-16(9-7-15)25(31)32-4)28(11-5-10-27(2)3)24(30)23(20)33-19/h6-9,12-13,21H,5,10-11H2,1-4H3. The van der Waals surface area contributed by atoms with Crippen molar-refractivity contribution in [3.8, 4) is 0 Å². The maximum atomic E-state index is 13.6. The van der Waals surface area contributed by atoms with Gasteiger partial charge in [0.15, 0.2) is 5.43 Å². The van der Waals surface area contributed by atoms with Crippen LogP contribution in [0, 0.1) is 6.92 Å². The lowest BCUT2D eigenvalue weighted by Gasteiger charge is -2.25. The summed E-state index contributed by atoms with van der Waals surface area (Å²) in [4.78, 5) is 42.5. The third kappa shape index (κ3) is 4.14. The molecule has 0 aliphatic carbocycles. The number of carbonyl (C=O) groups is 2. The van der Waals surface area contributed by atoms with E-state index >= 15 is 0 Å². The summed E-state index contributed by atoms with van der Waals surface area (Å²) < 4.78 is 10.8. The molecule has 172 valence electrons. The Hall–Kier alpha value is -3.16. The molecule has 1 aliphatic rings. The van der Waals surface area contributed by atoms with Crippen LogP contribution in [0.3, 0.4) is 0 Å². The predicted octanol–water partition coefficient (Wildman–Crippen LogP) is 4.04. The number of methoxy groups -OCH3 is 1. The lowest BCUT2D eigenvalue weighted by molar-refractivity contribution is 0.0600. The first-order chi connectivity index (χ1) is 15.7. The first-order valence-corrected chi connectivity index (χ1v) is 11.0. The van der Waals surface area contributed by atoms with Crippen LogP contribution in [0.1, 0.15) is 50.1 Å². The van der Waals surface area contributed by atoms with E-state index < -0.39 is 12.0 Å². The van der Waals surface area contributed by atoms with E-state index in [9.17, 15) is 14.4 Å². The molecule has 2 aromatic carbocycles. The highest BCUT2D eigenvalue weighted by Crippen LogP contribution is 2.38. The van der Waals surface area contributed by atoms with Gasteiger partial charge >= 0.3 is 5.97 Å². The summed E-state index contributed by atoms with van der Waals surface area (Å²) >= 11 is 6.27. The van der Waals surface area contributed by atoms with Gasteiger partial charge in [-0.1, -0.05) is 23.7 Å². The number of carbonyl (C=O) groups excluding carboxylic acids is 2. The van der Waals surface area contributed by atoms with Gasteiger partial charge < -0.3 is 19.0 Å². The van der Waals surface area contributed by atoms with Gasteiger partial charge in [0.05, 0.1) is 29.7 Å². The number of nitrogens with zero attached hydrogens (tertiary/aromatic N) is 2. The van der Waals surface area contributed by atoms with Crippen molar-refractivity contribution < 1.29 is 18.7 Å². The molecule has 0 radical (unpaired) electrons. The molecule has 4 rings (SSSR count). The number of amides is 1. The highest BCUT2D eigenvalue weighted by atomic mass is 35.5. The fourth-order valence-electron chi connectivity index (χ4n) is 4.19. The van der Waals surface area contributed by atoms with Crippen molar-refractivity contribution in [1.82, 2.24) is 9.80 Å². The van der Waals surface area contributed by atoms with E-state index in [2.05, 4.69) is 0 Å². The number of ether oxygens (including phenoxy) is 1. The molecule has 0 saturated heterocycles. The van der Waals surface area contributed by atoms with Gasteiger partial charge in [-0.25, -0.2) is 4.79 Å². The Morgan fingerprint density at radius 2 is 1.88 bits per heavy atom. The number of esters is 1. The molecule has 1 atom stereocenters. The van der Waals surface area contributed by atoms with E-state index in [0.717, 1.165) is 18.5 Å². The molecule has 1 aromatic heterocycles. The highest BCUT2D eigenvalue weighted by molar-refractivity contribution is 6.32. The van der Waals surface area contributed by atoms with Crippen molar-refractivity contribution in [2.45, 2.75) is 19.4 Å². The van der Waals surface area contributed by atoms with Crippen LogP contribution in [-0.2, 0) is 4.74 Å². The third-order valence-corrected chi connectivity index (χ3v) is 6.31. The molecule has 1 amide bonds. The summed E-state index contributed by atoms with van der Waals surface area (Å²) in [5.74, 6) is -0.721. The Morgan fingerprint density at radius 1 is 1.18 bits per heavy atom. The average molecular weight is 469 g/mol. The minimum atomic E-state index is -0.623. The minimum Gasteiger partial charge on any atom is -0.465 e. The average Bonchev–Trinajstić information content (AvgIpc) is 3.06. The fraction of sp³-hybridized carbons (Fsp3) is 0.320. The number of hydrogen-bond acceptors (Lipinski definition) is 6. The topological polar surface area (TPSA) is 80.1 Å². The second-order valence-corrected chi connectivity index (χ2v) is 8.85. The Labute approximate surface area is 196 Å². The lowest BCUT2D eigenvalue weighted by atomic mass is 9.97. The number of halogens is 1. The van der Waals surface area contributed by atoms with Crippen molar-refractivity contribution in [3.05, 3.63) is 79.7 Å². The van der Waals surface area contributed by atoms with E-state index in [0.29, 0.717) is 39.2 Å². The van der Waals surface area contributed by atoms with Gasteiger partial charge in [0.25, 0.3) is 5.91 Å². The molecule has 0 N–H and O–H groups in total. The predicted molar refractivity (Wildman–Crippen MR) is 126 cm³/mol. The molecule has 0 bridgehead atoms. The number of hydrogen-bond donors (Lipinski definition) is 0. The molecule has 0 fully saturated rings. The van der Waals surface area contributed by atoms with Gasteiger partial charge in [-0.3, -0.25) is 9.59 Å². The van der Waals surface area contributed by atoms with Crippen LogP contribution in [0.4, 0.5) is 0 Å². The van der Waals surface area contributed by atoms with E-state index in [-0.39, 0.29) is 17.1 Å². The zero-order valence-corrected chi connectivity index (χ0v) is 19.7. The monoisotopic (exact) mass is 468 g/mol. The zero-order valence-electron chi connectivity index (χ0n) is 19.0. The van der Waals surface area contributed by atoms with Crippen molar-refractivity contribution in [2.75, 3.05) is 34.3 Å². The fourth-order valence-corrected chi connectivity index (χ4v) is 4.36. The third-order valence-electron chi connectivity index (χ3n) is 5.90. The SMILES string of the molecule is COC(=O)c1ccc(C2c3c(oc4cc(C)c(Cl)cc4c3=O)C(=O)N2CCCN(C)C)cc1. The number of rotatable bonds is 6. The largest absolute Gasteiger partial charge is 0.465 e. The molecule has 2 heterocycles. The summed E-state index contributed by atoms with van der Waals surface area (Å²) in [6, 6.07) is 9.39. The molecule has 1 aliphatic heterocycles. The van der Waals surface area contributed by atoms with Crippen LogP contribution in [0.5, 0.6) is 0 Å². The molecule has 0 spiro atoms. The molecule has 0 saturated carbocycles. The maximum Gasteiger partial charge on any atom is 0.337 e. The van der Waals surface area contributed by atoms with Gasteiger partial charge in [0.1, 0.15) is 5.58 Å². The van der Waals surface area contributed by atoms with Crippen LogP contribution in [0.2, 0.25) is 5.02 Å². The van der Waals surface area contributed by atoms with Crippen molar-refractivity contribution in [2.24, 2.45) is 0 Å². The summed E-state index contributed by atoms with van der Waals surface area (Å²) in [6.07, 6.45) is 0.724. The van der Waals surface area contributed by atoms with Gasteiger partial charge in [0, 0.05) is 11.6 Å². The quantitative estimate of drug-likeness (QED) is 0.508. The second-order valence-electron chi connectivity index (χ2n) is 8.44. The van der Waals surface area contributed by atoms with Crippen molar-refractivity contribution >= 4 is 34.4 Å². The summed E-state index contributed by atoms with van der Waals surface area (Å²) in [6.45, 7) is 3.04. The van der Waals surface area contributed by atoms with E-state index in [1.54, 1.807) is 41.3 Å². The Bertz CT molecular complexity index is 1300. The van der Waals surface area contributed by atoms with Crippen LogP contribution in [0.25, 0.3) is 11.0 Å². The summed E-state index contributed by atoms with van der Waals surface area (Å²) in [5, 5.41) is 0.796. The van der Waals surface area contributed by atoms with Crippen LogP contribution in [0.15, 0.2) is 45.6 Å². The minimum absolute atomic E-state index is 0.0566. The summed E-state index contributed by atoms with van der Waals surface area (Å²) in [5.41, 5.74) is 2.21. The summed E-state index contributed by atoms with van der Waals surface area (Å²) in [7, 11) is 5.25. The Morgan fingerprint density at radius 3 is 2.52 bits per heavy atom. The number of benzene rings is 2. The normalized spacial score (nSPS) is 15.4. The zero-order chi connectivity index (χ0) is 23.9. The van der Waals surface area contributed by atoms with Gasteiger partial charge in [-0.15, -0.1) is 0 Å². The van der Waals surface area contributed by atoms with Crippen molar-refractivity contribution in [3.63, 3.8) is 0 Å². The van der Waals surface area contributed by atoms with Gasteiger partial charge in [-0.2, -0.15) is 0 Å². The van der Waals surface area contributed by atoms with Crippen molar-refractivity contribution in [1.29, 1.82) is 0 Å². The van der Waals surface area contributed by atoms with Gasteiger partial charge in [-0.05, 0) is 69.4 Å². The molecule has 8 heteroatoms. The Kier molecular flexibility index (Phi) is 6.28. The molecular weight excluding hydrogens is 444 g/mol. The second kappa shape index (κ2) is 9.00. The smallest absolute Gasteiger partial charge is 0.337 e. The highest BCUT2D eigenvalue weighted by Gasteiger charge is 2.42. The van der Waals surface area contributed by atoms with E-state index in [1.807, 2.05) is 25.9 Å². The first kappa shape index (κ1) is 23.0. The molecule has 3 aromatic rings. The molecule has 33 heavy (non-hydrogen) atoms. The van der Waals surface area contributed by atoms with Crippen LogP contribution < -0.4 is 5.43 Å². The molecule has 7 nitrogen and oxygen atoms in total. The van der Waals surface area contributed by atoms with E-state index in [4.69, 9.17) is 20.8 Å². The van der Waals surface area contributed by atoms with E-state index in [1.165, 1.54) is 7.11 Å². The number of aryl methyl sites for hydroxylation is 1.